The zero-order valence-electron chi connectivity index (χ0n) is 15.5. The van der Waals surface area contributed by atoms with Gasteiger partial charge in [-0.2, -0.15) is 0 Å². The zero-order valence-corrected chi connectivity index (χ0v) is 17.8. The van der Waals surface area contributed by atoms with Gasteiger partial charge in [0.2, 0.25) is 0 Å². The van der Waals surface area contributed by atoms with Crippen LogP contribution in [0, 0.1) is 5.92 Å². The summed E-state index contributed by atoms with van der Waals surface area (Å²) < 4.78 is 0. The van der Waals surface area contributed by atoms with E-state index in [0.717, 1.165) is 10.6 Å². The Kier molecular flexibility index (Phi) is 8.24. The van der Waals surface area contributed by atoms with E-state index in [1.165, 1.54) is 11.3 Å². The van der Waals surface area contributed by atoms with E-state index < -0.39 is 24.0 Å². The first-order valence-electron chi connectivity index (χ1n) is 8.74. The molecule has 0 fully saturated rings. The van der Waals surface area contributed by atoms with E-state index in [1.807, 2.05) is 13.8 Å². The number of carbonyl (C=O) groups is 2. The van der Waals surface area contributed by atoms with Crippen LogP contribution in [0.4, 0.5) is 0 Å². The van der Waals surface area contributed by atoms with Crippen LogP contribution in [0.15, 0.2) is 23.6 Å². The van der Waals surface area contributed by atoms with Crippen LogP contribution < -0.4 is 5.32 Å². The lowest BCUT2D eigenvalue weighted by molar-refractivity contribution is -0.142. The van der Waals surface area contributed by atoms with E-state index in [-0.39, 0.29) is 12.3 Å². The van der Waals surface area contributed by atoms with E-state index >= 15 is 0 Å². The van der Waals surface area contributed by atoms with Gasteiger partial charge in [-0.05, 0) is 36.1 Å². The maximum absolute atomic E-state index is 11.6. The largest absolute Gasteiger partial charge is 0.480 e. The van der Waals surface area contributed by atoms with Gasteiger partial charge in [-0.3, -0.25) is 14.9 Å². The van der Waals surface area contributed by atoms with Gasteiger partial charge in [0, 0.05) is 28.3 Å². The number of hydrogen-bond donors (Lipinski definition) is 3. The molecule has 0 spiro atoms. The Morgan fingerprint density at radius 2 is 1.71 bits per heavy atom. The maximum atomic E-state index is 11.6. The average Bonchev–Trinajstić information content (AvgIpc) is 2.98. The smallest absolute Gasteiger partial charge is 0.321 e. The predicted octanol–water partition coefficient (Wildman–Crippen LogP) is 4.13. The molecule has 28 heavy (non-hydrogen) atoms. The number of rotatable bonds is 10. The number of carboxylic acid groups (broad SMARTS) is 2. The molecule has 6 nitrogen and oxygen atoms in total. The number of hydrogen-bond acceptors (Lipinski definition) is 5. The van der Waals surface area contributed by atoms with Crippen LogP contribution in [0.3, 0.4) is 0 Å². The van der Waals surface area contributed by atoms with Crippen molar-refractivity contribution in [2.75, 3.05) is 0 Å². The molecule has 0 bridgehead atoms. The molecule has 3 N–H and O–H groups in total. The molecular weight excluding hydrogens is 423 g/mol. The Labute approximate surface area is 177 Å². The van der Waals surface area contributed by atoms with Gasteiger partial charge < -0.3 is 10.2 Å². The molecule has 0 unspecified atom stereocenters. The summed E-state index contributed by atoms with van der Waals surface area (Å²) in [6.45, 7) is 3.78. The lowest BCUT2D eigenvalue weighted by atomic mass is 10.0. The number of aromatic nitrogens is 1. The standard InChI is InChI=1S/C19H22Cl2N2O4S/c1-10(2)3-15(18(24)25)23-16(19(26)27)8-14-9-28-17(22-14)6-11-4-12(20)7-13(21)5-11/h4-5,7,9-10,15-16,23H,3,6,8H2,1-2H3,(H,24,25)(H,26,27)/t15-,16-/m0/s1. The highest BCUT2D eigenvalue weighted by Gasteiger charge is 2.27. The van der Waals surface area contributed by atoms with Crippen molar-refractivity contribution in [3.05, 3.63) is 49.9 Å². The molecular formula is C19H22Cl2N2O4S. The van der Waals surface area contributed by atoms with Gasteiger partial charge >= 0.3 is 11.9 Å². The van der Waals surface area contributed by atoms with E-state index in [4.69, 9.17) is 23.2 Å². The molecule has 0 aliphatic rings. The summed E-state index contributed by atoms with van der Waals surface area (Å²) >= 11 is 13.4. The molecule has 9 heteroatoms. The van der Waals surface area contributed by atoms with Gasteiger partial charge in [0.1, 0.15) is 12.1 Å². The predicted molar refractivity (Wildman–Crippen MR) is 111 cm³/mol. The van der Waals surface area contributed by atoms with E-state index in [2.05, 4.69) is 10.3 Å². The summed E-state index contributed by atoms with van der Waals surface area (Å²) in [6.07, 6.45) is 0.974. The third kappa shape index (κ3) is 7.05. The highest BCUT2D eigenvalue weighted by molar-refractivity contribution is 7.09. The van der Waals surface area contributed by atoms with Gasteiger partial charge in [0.25, 0.3) is 0 Å². The fourth-order valence-corrected chi connectivity index (χ4v) is 4.20. The van der Waals surface area contributed by atoms with Gasteiger partial charge in [0.05, 0.1) is 10.7 Å². The fraction of sp³-hybridized carbons (Fsp3) is 0.421. The highest BCUT2D eigenvalue weighted by atomic mass is 35.5. The van der Waals surface area contributed by atoms with Gasteiger partial charge in [-0.1, -0.05) is 37.0 Å². The fourth-order valence-electron chi connectivity index (χ4n) is 2.79. The van der Waals surface area contributed by atoms with Crippen molar-refractivity contribution in [3.8, 4) is 0 Å². The summed E-state index contributed by atoms with van der Waals surface area (Å²) in [4.78, 5) is 27.5. The Morgan fingerprint density at radius 1 is 1.11 bits per heavy atom. The number of benzene rings is 1. The monoisotopic (exact) mass is 444 g/mol. The average molecular weight is 445 g/mol. The van der Waals surface area contributed by atoms with Crippen molar-refractivity contribution in [1.82, 2.24) is 10.3 Å². The van der Waals surface area contributed by atoms with Crippen molar-refractivity contribution >= 4 is 46.5 Å². The molecule has 0 aliphatic heterocycles. The number of carboxylic acids is 2. The zero-order chi connectivity index (χ0) is 20.8. The molecule has 1 heterocycles. The first kappa shape index (κ1) is 22.6. The quantitative estimate of drug-likeness (QED) is 0.509. The molecule has 2 aromatic rings. The normalized spacial score (nSPS) is 13.5. The number of halogens is 2. The minimum atomic E-state index is -1.11. The van der Waals surface area contributed by atoms with Crippen molar-refractivity contribution in [2.45, 2.75) is 45.2 Å². The second-order valence-electron chi connectivity index (χ2n) is 6.97. The van der Waals surface area contributed by atoms with Crippen molar-refractivity contribution < 1.29 is 19.8 Å². The van der Waals surface area contributed by atoms with Crippen LogP contribution in [0.2, 0.25) is 10.0 Å². The maximum Gasteiger partial charge on any atom is 0.321 e. The van der Waals surface area contributed by atoms with Crippen LogP contribution >= 0.6 is 34.5 Å². The minimum absolute atomic E-state index is 0.101. The molecule has 1 aromatic carbocycles. The van der Waals surface area contributed by atoms with Crippen molar-refractivity contribution in [1.29, 1.82) is 0 Å². The van der Waals surface area contributed by atoms with Crippen LogP contribution in [0.5, 0.6) is 0 Å². The Bertz CT molecular complexity index is 821. The molecule has 1 aromatic heterocycles. The van der Waals surface area contributed by atoms with Crippen LogP contribution in [0.1, 0.15) is 36.5 Å². The van der Waals surface area contributed by atoms with Gasteiger partial charge in [-0.25, -0.2) is 4.98 Å². The third-order valence-corrected chi connectivity index (χ3v) is 5.33. The number of thiazole rings is 1. The Morgan fingerprint density at radius 3 is 2.25 bits per heavy atom. The highest BCUT2D eigenvalue weighted by Crippen LogP contribution is 2.23. The minimum Gasteiger partial charge on any atom is -0.480 e. The van der Waals surface area contributed by atoms with Crippen LogP contribution in [0.25, 0.3) is 0 Å². The number of nitrogens with one attached hydrogen (secondary N) is 1. The molecule has 2 rings (SSSR count). The molecule has 0 aliphatic carbocycles. The first-order chi connectivity index (χ1) is 13.1. The molecule has 0 saturated heterocycles. The van der Waals surface area contributed by atoms with Gasteiger partial charge in [-0.15, -0.1) is 11.3 Å². The first-order valence-corrected chi connectivity index (χ1v) is 10.4. The Balaban J connectivity index is 2.07. The third-order valence-electron chi connectivity index (χ3n) is 4.00. The summed E-state index contributed by atoms with van der Waals surface area (Å²) in [5, 5.41) is 25.2. The molecule has 2 atom stereocenters. The van der Waals surface area contributed by atoms with Gasteiger partial charge in [0.15, 0.2) is 0 Å². The van der Waals surface area contributed by atoms with E-state index in [9.17, 15) is 19.8 Å². The van der Waals surface area contributed by atoms with Crippen molar-refractivity contribution in [3.63, 3.8) is 0 Å². The van der Waals surface area contributed by atoms with E-state index in [1.54, 1.807) is 23.6 Å². The lowest BCUT2D eigenvalue weighted by Gasteiger charge is -2.21. The Hall–Kier alpha value is -1.67. The summed E-state index contributed by atoms with van der Waals surface area (Å²) in [5.41, 5.74) is 1.51. The molecule has 152 valence electrons. The second kappa shape index (κ2) is 10.2. The van der Waals surface area contributed by atoms with E-state index in [0.29, 0.717) is 28.6 Å². The lowest BCUT2D eigenvalue weighted by Crippen LogP contribution is -2.48. The molecule has 0 radical (unpaired) electrons. The summed E-state index contributed by atoms with van der Waals surface area (Å²) in [5.74, 6) is -2.04. The second-order valence-corrected chi connectivity index (χ2v) is 8.78. The van der Waals surface area contributed by atoms with Crippen LogP contribution in [-0.4, -0.2) is 39.2 Å². The molecule has 0 saturated carbocycles. The topological polar surface area (TPSA) is 99.5 Å². The number of aliphatic carboxylic acids is 2. The van der Waals surface area contributed by atoms with Crippen LogP contribution in [-0.2, 0) is 22.4 Å². The summed E-state index contributed by atoms with van der Waals surface area (Å²) in [6, 6.07) is 3.31. The summed E-state index contributed by atoms with van der Waals surface area (Å²) in [7, 11) is 0. The van der Waals surface area contributed by atoms with Crippen molar-refractivity contribution in [2.24, 2.45) is 5.92 Å². The number of nitrogens with zero attached hydrogens (tertiary/aromatic N) is 1. The molecule has 0 amide bonds. The SMILES string of the molecule is CC(C)C[C@H](N[C@@H](Cc1csc(Cc2cc(Cl)cc(Cl)c2)n1)C(=O)O)C(=O)O.